The number of carbonyl (C=O) groups is 2. The molecular formula is C55H67BrClFN8O13S. The second kappa shape index (κ2) is 31.2. The zero-order valence-corrected chi connectivity index (χ0v) is 48.1. The fourth-order valence-corrected chi connectivity index (χ4v) is 10.4. The highest BCUT2D eigenvalue weighted by atomic mass is 79.9. The number of benzene rings is 4. The average molecular weight is 1210 g/mol. The number of nitrogens with one attached hydrogen (secondary N) is 4. The maximum atomic E-state index is 14.2. The van der Waals surface area contributed by atoms with Crippen LogP contribution in [-0.4, -0.2) is 148 Å². The Hall–Kier alpha value is -6.08. The Balaban J connectivity index is 0.690. The third-order valence-corrected chi connectivity index (χ3v) is 14.9. The minimum atomic E-state index is -3.82. The minimum Gasteiger partial charge on any atom is -0.491 e. The molecule has 21 nitrogen and oxygen atoms in total. The van der Waals surface area contributed by atoms with Crippen LogP contribution in [0.15, 0.2) is 100 Å². The molecule has 6 rings (SSSR count). The van der Waals surface area contributed by atoms with Crippen molar-refractivity contribution in [2.45, 2.75) is 44.7 Å². The summed E-state index contributed by atoms with van der Waals surface area (Å²) in [5.41, 5.74) is 5.79. The number of carbonyl (C=O) groups excluding carboxylic acids is 2. The van der Waals surface area contributed by atoms with Gasteiger partial charge in [0.25, 0.3) is 11.8 Å². The van der Waals surface area contributed by atoms with Gasteiger partial charge in [-0.3, -0.25) is 9.59 Å². The molecular weight excluding hydrogens is 1150 g/mol. The van der Waals surface area contributed by atoms with Gasteiger partial charge in [0.15, 0.2) is 0 Å². The molecule has 1 aliphatic rings. The van der Waals surface area contributed by atoms with E-state index in [2.05, 4.69) is 80.3 Å². The van der Waals surface area contributed by atoms with Crippen LogP contribution in [0.2, 0.25) is 5.02 Å². The molecule has 0 saturated heterocycles. The lowest BCUT2D eigenvalue weighted by molar-refractivity contribution is -0.164. The molecule has 0 aliphatic heterocycles. The lowest BCUT2D eigenvalue weighted by atomic mass is 9.49. The van der Waals surface area contributed by atoms with Crippen molar-refractivity contribution in [1.82, 2.24) is 20.0 Å². The number of aromatic nitrogens is 2. The molecule has 25 heteroatoms. The zero-order chi connectivity index (χ0) is 57.5. The van der Waals surface area contributed by atoms with Gasteiger partial charge in [-0.1, -0.05) is 45.4 Å². The molecule has 0 spiro atoms. The molecule has 6 N–H and O–H groups in total. The Labute approximate surface area is 478 Å². The van der Waals surface area contributed by atoms with Crippen molar-refractivity contribution in [2.24, 2.45) is 16.6 Å². The summed E-state index contributed by atoms with van der Waals surface area (Å²) in [6.45, 7) is 13.7. The van der Waals surface area contributed by atoms with Crippen LogP contribution in [0.3, 0.4) is 0 Å². The van der Waals surface area contributed by atoms with Crippen molar-refractivity contribution in [3.63, 3.8) is 0 Å². The molecule has 1 aromatic heterocycles. The number of nitriles is 1. The number of nitrogens with two attached hydrogens (primary N) is 1. The largest absolute Gasteiger partial charge is 0.491 e. The fraction of sp³-hybridized carbons (Fsp3) is 0.436. The number of ether oxygens (including phenoxy) is 9. The van der Waals surface area contributed by atoms with Crippen LogP contribution < -0.4 is 35.9 Å². The number of hydrogen-bond acceptors (Lipinski definition) is 18. The second-order valence-electron chi connectivity index (χ2n) is 19.0. The van der Waals surface area contributed by atoms with Gasteiger partial charge < -0.3 is 64.3 Å². The number of halogens is 3. The summed E-state index contributed by atoms with van der Waals surface area (Å²) in [6.07, 6.45) is 1.24. The Kier molecular flexibility index (Phi) is 24.6. The number of sulfonamides is 1. The molecule has 2 amide bonds. The molecule has 1 fully saturated rings. The van der Waals surface area contributed by atoms with Gasteiger partial charge in [-0.05, 0) is 88.7 Å². The maximum Gasteiger partial charge on any atom is 0.253 e. The number of amides is 2. The van der Waals surface area contributed by atoms with Crippen LogP contribution in [0.25, 0.3) is 0 Å². The van der Waals surface area contributed by atoms with E-state index < -0.39 is 21.7 Å². The number of primary amides is 1. The van der Waals surface area contributed by atoms with E-state index in [0.29, 0.717) is 124 Å². The molecule has 432 valence electrons. The quantitative estimate of drug-likeness (QED) is 0.0242. The Morgan fingerprint density at radius 1 is 0.738 bits per heavy atom. The van der Waals surface area contributed by atoms with Gasteiger partial charge in [-0.15, -0.1) is 0 Å². The molecule has 80 heavy (non-hydrogen) atoms. The van der Waals surface area contributed by atoms with Gasteiger partial charge in [0.05, 0.1) is 124 Å². The summed E-state index contributed by atoms with van der Waals surface area (Å²) >= 11 is 9.55. The average Bonchev–Trinajstić information content (AvgIpc) is 3.63. The smallest absolute Gasteiger partial charge is 0.253 e. The molecule has 0 atom stereocenters. The van der Waals surface area contributed by atoms with E-state index in [1.54, 1.807) is 54.6 Å². The second-order valence-corrected chi connectivity index (χ2v) is 22.1. The van der Waals surface area contributed by atoms with Crippen molar-refractivity contribution < 1.29 is 65.0 Å². The first kappa shape index (κ1) is 63.1. The van der Waals surface area contributed by atoms with Crippen LogP contribution in [0.1, 0.15) is 54.0 Å². The van der Waals surface area contributed by atoms with E-state index >= 15 is 0 Å². The van der Waals surface area contributed by atoms with E-state index in [9.17, 15) is 27.7 Å². The van der Waals surface area contributed by atoms with E-state index in [0.717, 1.165) is 6.07 Å². The number of anilines is 4. The standard InChI is InChI=1S/C55H67BrClFN8O13S/c1-54(2)51(55(3,4)52(54)79-41-15-10-38(35-59)44(57)34-41)66-50(68)37-8-13-40(14-9-37)78-33-32-77-31-30-76-29-28-75-27-26-74-25-24-73-23-22-72-21-20-71-19-18-62-80(69,70)42-16-11-39(12-17-42)63-53-61-36-43(56)49(65-53)64-46-7-5-6-45(58)47(46)48(60)67/h5-17,34,36,51-52,62H,18-33H2,1-4H3,(H2,60,67)(H,66,68)(H2,61,63,64,65). The first-order valence-electron chi connectivity index (χ1n) is 25.6. The Morgan fingerprint density at radius 3 is 1.81 bits per heavy atom. The van der Waals surface area contributed by atoms with Crippen LogP contribution >= 0.6 is 27.5 Å². The molecule has 0 radical (unpaired) electrons. The van der Waals surface area contributed by atoms with E-state index in [1.807, 2.05) is 0 Å². The Bertz CT molecular complexity index is 2940. The van der Waals surface area contributed by atoms with Crippen molar-refractivity contribution in [2.75, 3.05) is 116 Å². The first-order chi connectivity index (χ1) is 38.4. The predicted molar refractivity (Wildman–Crippen MR) is 300 cm³/mol. The van der Waals surface area contributed by atoms with E-state index in [1.165, 1.54) is 30.5 Å². The van der Waals surface area contributed by atoms with Crippen molar-refractivity contribution in [3.05, 3.63) is 123 Å². The van der Waals surface area contributed by atoms with Crippen molar-refractivity contribution >= 4 is 72.5 Å². The van der Waals surface area contributed by atoms with Gasteiger partial charge >= 0.3 is 0 Å². The molecule has 1 heterocycles. The van der Waals surface area contributed by atoms with Gasteiger partial charge in [-0.25, -0.2) is 22.5 Å². The zero-order valence-electron chi connectivity index (χ0n) is 44.9. The Morgan fingerprint density at radius 2 is 1.27 bits per heavy atom. The topological polar surface area (TPSA) is 275 Å². The van der Waals surface area contributed by atoms with Crippen molar-refractivity contribution in [3.8, 4) is 17.6 Å². The van der Waals surface area contributed by atoms with E-state index in [4.69, 9.17) is 60.0 Å². The highest BCUT2D eigenvalue weighted by Crippen LogP contribution is 2.55. The summed E-state index contributed by atoms with van der Waals surface area (Å²) in [7, 11) is -3.82. The van der Waals surface area contributed by atoms with Crippen LogP contribution in [0.5, 0.6) is 11.5 Å². The molecule has 1 aliphatic carbocycles. The fourth-order valence-electron chi connectivity index (χ4n) is 8.85. The third-order valence-electron chi connectivity index (χ3n) is 12.5. The van der Waals surface area contributed by atoms with Gasteiger partial charge in [0.2, 0.25) is 16.0 Å². The molecule has 0 unspecified atom stereocenters. The van der Waals surface area contributed by atoms with Crippen LogP contribution in [-0.2, 0) is 43.2 Å². The van der Waals surface area contributed by atoms with Gasteiger partial charge in [-0.2, -0.15) is 10.2 Å². The maximum absolute atomic E-state index is 14.2. The molecule has 1 saturated carbocycles. The van der Waals surface area contributed by atoms with Gasteiger partial charge in [0, 0.05) is 46.9 Å². The number of hydrogen-bond donors (Lipinski definition) is 5. The molecule has 4 aromatic carbocycles. The summed E-state index contributed by atoms with van der Waals surface area (Å²) in [5, 5.41) is 18.6. The highest BCUT2D eigenvalue weighted by Gasteiger charge is 2.64. The monoisotopic (exact) mass is 1210 g/mol. The number of nitrogens with zero attached hydrogens (tertiary/aromatic N) is 3. The summed E-state index contributed by atoms with van der Waals surface area (Å²) in [4.78, 5) is 33.7. The molecule has 0 bridgehead atoms. The van der Waals surface area contributed by atoms with Gasteiger partial charge in [0.1, 0.15) is 41.9 Å². The van der Waals surface area contributed by atoms with Crippen LogP contribution in [0.4, 0.5) is 27.5 Å². The lowest BCUT2D eigenvalue weighted by Crippen LogP contribution is -2.74. The predicted octanol–water partition coefficient (Wildman–Crippen LogP) is 7.57. The summed E-state index contributed by atoms with van der Waals surface area (Å²) < 4.78 is 93.7. The molecule has 5 aromatic rings. The highest BCUT2D eigenvalue weighted by molar-refractivity contribution is 9.10. The number of rotatable bonds is 36. The normalized spacial score (nSPS) is 15.3. The SMILES string of the molecule is CC1(C)C(NC(=O)c2ccc(OCCOCCOCCOCCOCCOCCOCCOCCNS(=O)(=O)c3ccc(Nc4ncc(Br)c(Nc5cccc(F)c5C(N)=O)n4)cc3)cc2)C(C)(C)C1Oc1ccc(C#N)c(Cl)c1. The van der Waals surface area contributed by atoms with Crippen LogP contribution in [0, 0.1) is 28.0 Å². The first-order valence-corrected chi connectivity index (χ1v) is 28.2. The lowest BCUT2D eigenvalue weighted by Gasteiger charge is -2.63. The van der Waals surface area contributed by atoms with Crippen molar-refractivity contribution in [1.29, 1.82) is 5.26 Å². The minimum absolute atomic E-state index is 0.0397. The summed E-state index contributed by atoms with van der Waals surface area (Å²) in [5.74, 6) is -0.353. The third kappa shape index (κ3) is 18.7. The van der Waals surface area contributed by atoms with E-state index in [-0.39, 0.29) is 76.6 Å². The summed E-state index contributed by atoms with van der Waals surface area (Å²) in [6, 6.07) is 23.8.